The molecular weight excluding hydrogens is 467 g/mol. The second-order valence-corrected chi connectivity index (χ2v) is 9.99. The van der Waals surface area contributed by atoms with Crippen LogP contribution in [0.1, 0.15) is 16.4 Å². The maximum Gasteiger partial charge on any atom is 0.419 e. The summed E-state index contributed by atoms with van der Waals surface area (Å²) < 4.78 is 68.6. The highest BCUT2D eigenvalue weighted by Crippen LogP contribution is 2.37. The van der Waals surface area contributed by atoms with Crippen LogP contribution < -0.4 is 4.90 Å². The van der Waals surface area contributed by atoms with Crippen molar-refractivity contribution in [3.05, 3.63) is 84.6 Å². The molecule has 4 rings (SSSR count). The average Bonchev–Trinajstić information content (AvgIpc) is 2.83. The smallest absolute Gasteiger partial charge is 0.344 e. The number of benzene rings is 2. The Balaban J connectivity index is 1.63. The Bertz CT molecular complexity index is 1330. The Morgan fingerprint density at radius 1 is 1.06 bits per heavy atom. The van der Waals surface area contributed by atoms with Gasteiger partial charge in [-0.05, 0) is 34.5 Å². The molecule has 0 N–H and O–H groups in total. The first kappa shape index (κ1) is 23.9. The molecule has 2 atom stereocenters. The van der Waals surface area contributed by atoms with Gasteiger partial charge in [0.25, 0.3) is 0 Å². The zero-order chi connectivity index (χ0) is 24.5. The van der Waals surface area contributed by atoms with E-state index in [9.17, 15) is 26.4 Å². The van der Waals surface area contributed by atoms with E-state index in [0.29, 0.717) is 11.8 Å². The number of pyridine rings is 1. The molecule has 34 heavy (non-hydrogen) atoms. The fourth-order valence-corrected chi connectivity index (χ4v) is 5.97. The van der Waals surface area contributed by atoms with Gasteiger partial charge in [0.2, 0.25) is 10.0 Å². The first-order valence-corrected chi connectivity index (χ1v) is 12.0. The number of hydrogen-bond donors (Lipinski definition) is 0. The van der Waals surface area contributed by atoms with Crippen molar-refractivity contribution in [2.24, 2.45) is 0 Å². The van der Waals surface area contributed by atoms with E-state index in [1.54, 1.807) is 12.1 Å². The van der Waals surface area contributed by atoms with Gasteiger partial charge in [-0.2, -0.15) is 17.5 Å². The van der Waals surface area contributed by atoms with Crippen LogP contribution in [-0.2, 0) is 21.0 Å². The number of aromatic nitrogens is 1. The SMILES string of the molecule is C=CC(c1ccc2ccccc2c1)S(=O)(=O)N1CCN(c2ncccc2C(F)(F)F)C(C=O)C1. The Morgan fingerprint density at radius 2 is 1.79 bits per heavy atom. The molecule has 0 saturated carbocycles. The summed E-state index contributed by atoms with van der Waals surface area (Å²) in [6, 6.07) is 13.8. The highest BCUT2D eigenvalue weighted by Gasteiger charge is 2.41. The summed E-state index contributed by atoms with van der Waals surface area (Å²) in [5.41, 5.74) is -0.457. The van der Waals surface area contributed by atoms with E-state index in [1.165, 1.54) is 23.2 Å². The molecule has 1 aromatic heterocycles. The number of sulfonamides is 1. The van der Waals surface area contributed by atoms with Gasteiger partial charge in [0, 0.05) is 25.8 Å². The van der Waals surface area contributed by atoms with E-state index in [0.717, 1.165) is 21.1 Å². The fraction of sp³-hybridized carbons (Fsp3) is 0.250. The largest absolute Gasteiger partial charge is 0.419 e. The van der Waals surface area contributed by atoms with Gasteiger partial charge in [0.15, 0.2) is 0 Å². The van der Waals surface area contributed by atoms with Crippen LogP contribution in [-0.4, -0.2) is 49.7 Å². The number of carbonyl (C=O) groups excluding carboxylic acids is 1. The van der Waals surface area contributed by atoms with Crippen molar-refractivity contribution in [2.45, 2.75) is 17.5 Å². The number of fused-ring (bicyclic) bond motifs is 1. The van der Waals surface area contributed by atoms with Crippen LogP contribution in [0.25, 0.3) is 10.8 Å². The molecule has 0 spiro atoms. The number of rotatable bonds is 6. The molecule has 3 aromatic rings. The lowest BCUT2D eigenvalue weighted by Crippen LogP contribution is -2.56. The number of alkyl halides is 3. The number of anilines is 1. The van der Waals surface area contributed by atoms with Gasteiger partial charge >= 0.3 is 6.18 Å². The minimum Gasteiger partial charge on any atom is -0.344 e. The molecule has 1 saturated heterocycles. The minimum atomic E-state index is -4.66. The summed E-state index contributed by atoms with van der Waals surface area (Å²) in [5, 5.41) is 0.751. The van der Waals surface area contributed by atoms with Crippen molar-refractivity contribution in [2.75, 3.05) is 24.5 Å². The van der Waals surface area contributed by atoms with Gasteiger partial charge in [-0.15, -0.1) is 6.58 Å². The van der Waals surface area contributed by atoms with Crippen LogP contribution >= 0.6 is 0 Å². The summed E-state index contributed by atoms with van der Waals surface area (Å²) in [6.07, 6.45) is -1.68. The molecule has 2 aromatic carbocycles. The molecule has 0 radical (unpaired) electrons. The quantitative estimate of drug-likeness (QED) is 0.384. The normalized spacial score (nSPS) is 18.6. The van der Waals surface area contributed by atoms with Crippen LogP contribution in [0.15, 0.2) is 73.4 Å². The summed E-state index contributed by atoms with van der Waals surface area (Å²) in [6.45, 7) is 3.18. The third kappa shape index (κ3) is 4.43. The second-order valence-electron chi connectivity index (χ2n) is 7.94. The molecule has 0 amide bonds. The predicted molar refractivity (Wildman–Crippen MR) is 124 cm³/mol. The van der Waals surface area contributed by atoms with Crippen molar-refractivity contribution in [1.29, 1.82) is 0 Å². The number of halogens is 3. The van der Waals surface area contributed by atoms with E-state index in [4.69, 9.17) is 0 Å². The molecule has 0 bridgehead atoms. The number of piperazine rings is 1. The number of carbonyl (C=O) groups is 1. The molecule has 1 aliphatic heterocycles. The molecule has 178 valence electrons. The van der Waals surface area contributed by atoms with Gasteiger partial charge in [0.05, 0.1) is 11.6 Å². The Hall–Kier alpha value is -3.24. The molecule has 2 unspecified atom stereocenters. The molecule has 1 aliphatic rings. The fourth-order valence-electron chi connectivity index (χ4n) is 4.22. The van der Waals surface area contributed by atoms with Crippen LogP contribution in [0.4, 0.5) is 19.0 Å². The van der Waals surface area contributed by atoms with E-state index in [-0.39, 0.29) is 25.5 Å². The first-order chi connectivity index (χ1) is 16.2. The van der Waals surface area contributed by atoms with Crippen molar-refractivity contribution in [3.63, 3.8) is 0 Å². The van der Waals surface area contributed by atoms with Crippen molar-refractivity contribution < 1.29 is 26.4 Å². The summed E-state index contributed by atoms with van der Waals surface area (Å²) in [4.78, 5) is 16.9. The van der Waals surface area contributed by atoms with Crippen LogP contribution in [0.5, 0.6) is 0 Å². The van der Waals surface area contributed by atoms with Crippen molar-refractivity contribution >= 4 is 32.9 Å². The molecule has 1 fully saturated rings. The number of aldehydes is 1. The summed E-state index contributed by atoms with van der Waals surface area (Å²) in [7, 11) is -4.00. The average molecular weight is 490 g/mol. The Labute approximate surface area is 195 Å². The molecule has 2 heterocycles. The van der Waals surface area contributed by atoms with Gasteiger partial charge in [-0.1, -0.05) is 42.5 Å². The molecule has 10 heteroatoms. The van der Waals surface area contributed by atoms with Gasteiger partial charge in [-0.25, -0.2) is 13.4 Å². The molecule has 6 nitrogen and oxygen atoms in total. The van der Waals surface area contributed by atoms with E-state index in [2.05, 4.69) is 11.6 Å². The minimum absolute atomic E-state index is 0.0987. The van der Waals surface area contributed by atoms with Gasteiger partial charge < -0.3 is 9.69 Å². The predicted octanol–water partition coefficient (Wildman–Crippen LogP) is 4.20. The lowest BCUT2D eigenvalue weighted by atomic mass is 10.1. The van der Waals surface area contributed by atoms with E-state index in [1.807, 2.05) is 30.3 Å². The highest BCUT2D eigenvalue weighted by atomic mass is 32.2. The first-order valence-electron chi connectivity index (χ1n) is 10.5. The Morgan fingerprint density at radius 3 is 2.47 bits per heavy atom. The maximum absolute atomic E-state index is 13.5. The number of nitrogens with zero attached hydrogens (tertiary/aromatic N) is 3. The van der Waals surface area contributed by atoms with Gasteiger partial charge in [-0.3, -0.25) is 0 Å². The third-order valence-corrected chi connectivity index (χ3v) is 8.06. The van der Waals surface area contributed by atoms with Crippen LogP contribution in [0.3, 0.4) is 0 Å². The summed E-state index contributed by atoms with van der Waals surface area (Å²) in [5.74, 6) is -0.390. The lowest BCUT2D eigenvalue weighted by Gasteiger charge is -2.40. The molecule has 0 aliphatic carbocycles. The monoisotopic (exact) mass is 489 g/mol. The maximum atomic E-state index is 13.5. The standard InChI is InChI=1S/C24H22F3N3O3S/c1-2-22(19-10-9-17-6-3-4-7-18(17)14-19)34(32,33)29-12-13-30(20(15-29)16-31)23-21(24(25,26)27)8-5-11-28-23/h2-11,14,16,20,22H,1,12-13,15H2. The zero-order valence-corrected chi connectivity index (χ0v) is 18.8. The number of hydrogen-bond acceptors (Lipinski definition) is 5. The van der Waals surface area contributed by atoms with Crippen molar-refractivity contribution in [1.82, 2.24) is 9.29 Å². The highest BCUT2D eigenvalue weighted by molar-refractivity contribution is 7.89. The van der Waals surface area contributed by atoms with Crippen LogP contribution in [0, 0.1) is 0 Å². The zero-order valence-electron chi connectivity index (χ0n) is 18.0. The topological polar surface area (TPSA) is 70.6 Å². The van der Waals surface area contributed by atoms with Crippen LogP contribution in [0.2, 0.25) is 0 Å². The van der Waals surface area contributed by atoms with Gasteiger partial charge in [0.1, 0.15) is 17.4 Å². The lowest BCUT2D eigenvalue weighted by molar-refractivity contribution is -0.137. The third-order valence-electron chi connectivity index (χ3n) is 5.90. The van der Waals surface area contributed by atoms with E-state index >= 15 is 0 Å². The second kappa shape index (κ2) is 9.19. The van der Waals surface area contributed by atoms with E-state index < -0.39 is 33.1 Å². The van der Waals surface area contributed by atoms with Crippen molar-refractivity contribution in [3.8, 4) is 0 Å². The summed E-state index contributed by atoms with van der Waals surface area (Å²) >= 11 is 0. The molecular formula is C24H22F3N3O3S. The Kier molecular flexibility index (Phi) is 6.46.